The fraction of sp³-hybridized carbons (Fsp3) is 0.333. The van der Waals surface area contributed by atoms with Crippen LogP contribution in [0.5, 0.6) is 0 Å². The summed E-state index contributed by atoms with van der Waals surface area (Å²) in [4.78, 5) is 4.27. The van der Waals surface area contributed by atoms with Gasteiger partial charge >= 0.3 is 41.3 Å². The summed E-state index contributed by atoms with van der Waals surface area (Å²) in [5.74, 6) is 0. The minimum absolute atomic E-state index is 0. The molecule has 3 rings (SSSR count). The Morgan fingerprint density at radius 3 is 2.36 bits per heavy atom. The number of halogens is 2. The van der Waals surface area contributed by atoms with Gasteiger partial charge in [0.25, 0.3) is 0 Å². The van der Waals surface area contributed by atoms with Gasteiger partial charge in [0.1, 0.15) is 0 Å². The third-order valence-corrected chi connectivity index (χ3v) is 2.66. The van der Waals surface area contributed by atoms with E-state index in [1.807, 2.05) is 19.1 Å². The molecule has 0 spiro atoms. The van der Waals surface area contributed by atoms with Crippen LogP contribution in [0, 0.1) is 6.08 Å². The maximum atomic E-state index is 4.27. The molecule has 1 aliphatic heterocycles. The number of hydrogen-bond acceptors (Lipinski definition) is 1. The molecule has 1 heterocycles. The summed E-state index contributed by atoms with van der Waals surface area (Å²) in [6, 6.07) is 0. The first-order chi connectivity index (χ1) is 9.52. The van der Waals surface area contributed by atoms with E-state index in [0.29, 0.717) is 0 Å². The van der Waals surface area contributed by atoms with E-state index < -0.39 is 0 Å². The van der Waals surface area contributed by atoms with Crippen LogP contribution in [0.15, 0.2) is 58.3 Å². The zero-order valence-corrected chi connectivity index (χ0v) is 17.6. The van der Waals surface area contributed by atoms with Gasteiger partial charge in [0.05, 0.1) is 5.70 Å². The number of hydrogen-bond donors (Lipinski definition) is 0. The Kier molecular flexibility index (Phi) is 14.3. The number of fused-ring (bicyclic) bond motifs is 1. The van der Waals surface area contributed by atoms with Crippen LogP contribution >= 0.6 is 0 Å². The van der Waals surface area contributed by atoms with Crippen molar-refractivity contribution in [1.29, 1.82) is 0 Å². The first-order valence-electron chi connectivity index (χ1n) is 6.96. The summed E-state index contributed by atoms with van der Waals surface area (Å²) in [5.41, 5.74) is 4.92. The van der Waals surface area contributed by atoms with Crippen molar-refractivity contribution in [2.45, 2.75) is 40.5 Å². The zero-order chi connectivity index (χ0) is 15.0. The maximum absolute atomic E-state index is 4.27. The van der Waals surface area contributed by atoms with E-state index in [1.54, 1.807) is 24.2 Å². The largest absolute Gasteiger partial charge is 1.00 e. The molecule has 0 radical (unpaired) electrons. The van der Waals surface area contributed by atoms with Gasteiger partial charge in [0.2, 0.25) is 0 Å². The molecule has 3 aliphatic rings. The molecule has 0 amide bonds. The topological polar surface area (TPSA) is 12.4 Å². The van der Waals surface area contributed by atoms with Crippen molar-refractivity contribution in [2.24, 2.45) is 4.99 Å². The van der Waals surface area contributed by atoms with Crippen LogP contribution in [-0.2, 0) is 24.2 Å². The smallest absolute Gasteiger partial charge is 1.00 e. The van der Waals surface area contributed by atoms with E-state index in [0.717, 1.165) is 24.3 Å². The van der Waals surface area contributed by atoms with E-state index in [9.17, 15) is 0 Å². The van der Waals surface area contributed by atoms with E-state index in [1.165, 1.54) is 14.4 Å². The number of aliphatic imine (C=N–C) groups is 1. The molecular formula is C18H22Cl2NZr-. The zero-order valence-electron chi connectivity index (χ0n) is 13.6. The molecule has 0 saturated carbocycles. The molecule has 0 aromatic heterocycles. The molecule has 22 heavy (non-hydrogen) atoms. The fourth-order valence-corrected chi connectivity index (χ4v) is 1.78. The van der Waals surface area contributed by atoms with Crippen LogP contribution in [-0.4, -0.2) is 8.92 Å². The maximum Gasteiger partial charge on any atom is -1.00 e. The molecule has 0 saturated heterocycles. The average Bonchev–Trinajstić information content (AvgIpc) is 3.03. The first kappa shape index (κ1) is 24.0. The van der Waals surface area contributed by atoms with Gasteiger partial charge in [0, 0.05) is 11.3 Å². The second kappa shape index (κ2) is 13.2. The van der Waals surface area contributed by atoms with Gasteiger partial charge in [-0.25, -0.2) is 11.6 Å². The number of rotatable bonds is 1. The van der Waals surface area contributed by atoms with Gasteiger partial charge in [-0.05, 0) is 19.1 Å². The van der Waals surface area contributed by atoms with Gasteiger partial charge in [-0.1, -0.05) is 25.5 Å². The number of nitrogens with zero attached hydrogens (tertiary/aromatic N) is 1. The molecule has 4 heteroatoms. The van der Waals surface area contributed by atoms with E-state index >= 15 is 0 Å². The summed E-state index contributed by atoms with van der Waals surface area (Å²) in [5, 5.41) is 0. The van der Waals surface area contributed by atoms with Crippen molar-refractivity contribution in [3.63, 3.8) is 0 Å². The summed E-state index contributed by atoms with van der Waals surface area (Å²) >= 11 is 1.55. The van der Waals surface area contributed by atoms with Gasteiger partial charge < -0.3 is 24.8 Å². The van der Waals surface area contributed by atoms with Crippen LogP contribution in [0.2, 0.25) is 0 Å². The Morgan fingerprint density at radius 2 is 1.95 bits per heavy atom. The van der Waals surface area contributed by atoms with Crippen LogP contribution < -0.4 is 24.8 Å². The summed E-state index contributed by atoms with van der Waals surface area (Å²) in [7, 11) is 0. The second-order valence-corrected chi connectivity index (χ2v) is 7.41. The summed E-state index contributed by atoms with van der Waals surface area (Å²) < 4.78 is 1.51. The minimum Gasteiger partial charge on any atom is -1.00 e. The number of allylic oxidation sites excluding steroid dienone is 8. The Balaban J connectivity index is 0. The molecule has 0 aromatic rings. The molecule has 0 unspecified atom stereocenters. The van der Waals surface area contributed by atoms with Crippen molar-refractivity contribution < 1.29 is 49.0 Å². The second-order valence-electron chi connectivity index (χ2n) is 4.95. The third kappa shape index (κ3) is 9.67. The summed E-state index contributed by atoms with van der Waals surface area (Å²) in [6.07, 6.45) is 17.8. The molecule has 0 fully saturated rings. The SMILES string of the molecule is CC1=NC2=CC=CC2=C1.CCC1=CC[C-]=C1.C[C](C)=[Zr+2].[Cl-].[Cl-]. The monoisotopic (exact) mass is 412 g/mol. The molecule has 2 aliphatic carbocycles. The van der Waals surface area contributed by atoms with Crippen LogP contribution in [0.3, 0.4) is 0 Å². The molecule has 0 atom stereocenters. The third-order valence-electron chi connectivity index (χ3n) is 2.66. The van der Waals surface area contributed by atoms with Crippen LogP contribution in [0.4, 0.5) is 0 Å². The average molecular weight is 415 g/mol. The van der Waals surface area contributed by atoms with Gasteiger partial charge in [0.15, 0.2) is 0 Å². The fourth-order valence-electron chi connectivity index (χ4n) is 1.78. The Hall–Kier alpha value is -0.297. The van der Waals surface area contributed by atoms with E-state index in [2.05, 4.69) is 56.1 Å². The Morgan fingerprint density at radius 1 is 1.32 bits per heavy atom. The predicted octanol–water partition coefficient (Wildman–Crippen LogP) is -1.32. The van der Waals surface area contributed by atoms with Crippen LogP contribution in [0.25, 0.3) is 0 Å². The molecular weight excluding hydrogens is 392 g/mol. The Labute approximate surface area is 162 Å². The van der Waals surface area contributed by atoms with Crippen molar-refractivity contribution in [3.8, 4) is 0 Å². The normalized spacial score (nSPS) is 15.5. The van der Waals surface area contributed by atoms with Crippen molar-refractivity contribution in [3.05, 3.63) is 59.4 Å². The van der Waals surface area contributed by atoms with Crippen molar-refractivity contribution >= 4 is 8.92 Å². The predicted molar refractivity (Wildman–Crippen MR) is 85.6 cm³/mol. The Bertz CT molecular complexity index is 545. The van der Waals surface area contributed by atoms with Gasteiger partial charge in [-0.15, -0.1) is 6.42 Å². The van der Waals surface area contributed by atoms with Crippen molar-refractivity contribution in [1.82, 2.24) is 0 Å². The standard InChI is InChI=1S/C8H7N.C7H9.C3H6.2ClH.Zr/c1-6-5-7-3-2-4-8(7)9-6;1-2-7-5-3-4-6-7;1-3-2;;;/h2-5H,1H3;5-6H,2-3H2,1H3;1-2H3;2*1H;/q;-1;;;;+2/p-2. The molecule has 0 aromatic carbocycles. The van der Waals surface area contributed by atoms with Crippen molar-refractivity contribution in [2.75, 3.05) is 0 Å². The van der Waals surface area contributed by atoms with Gasteiger partial charge in [-0.3, -0.25) is 11.1 Å². The quantitative estimate of drug-likeness (QED) is 0.472. The molecule has 118 valence electrons. The molecule has 0 bridgehead atoms. The van der Waals surface area contributed by atoms with E-state index in [4.69, 9.17) is 0 Å². The van der Waals surface area contributed by atoms with E-state index in [-0.39, 0.29) is 24.8 Å². The molecule has 1 nitrogen and oxygen atoms in total. The van der Waals surface area contributed by atoms with Gasteiger partial charge in [-0.2, -0.15) is 6.08 Å². The van der Waals surface area contributed by atoms with Crippen LogP contribution in [0.1, 0.15) is 40.5 Å². The first-order valence-corrected chi connectivity index (χ1v) is 8.19. The molecule has 0 N–H and O–H groups in total. The summed E-state index contributed by atoms with van der Waals surface area (Å²) in [6.45, 7) is 8.42. The minimum atomic E-state index is 0.